The largest absolute Gasteiger partial charge is 0.480 e. The number of hydrogen-bond donors (Lipinski definition) is 4. The molecular weight excluding hydrogens is 866 g/mol. The average Bonchev–Trinajstić information content (AvgIpc) is 3.16. The van der Waals surface area contributed by atoms with Crippen LogP contribution >= 0.6 is 19.0 Å². The molecule has 336 valence electrons. The number of hydrogen-bond acceptors (Lipinski definition) is 15. The highest BCUT2D eigenvalue weighted by atomic mass is 35.5. The number of benzene rings is 3. The number of carboxylic acids is 1. The van der Waals surface area contributed by atoms with Crippen molar-refractivity contribution in [2.75, 3.05) is 31.4 Å². The van der Waals surface area contributed by atoms with Gasteiger partial charge in [0.25, 0.3) is 11.4 Å². The number of anilines is 1. The van der Waals surface area contributed by atoms with E-state index in [0.29, 0.717) is 17.2 Å². The molecule has 2 atom stereocenters. The quantitative estimate of drug-likeness (QED) is 0.0429. The number of nitrogens with two attached hydrogens (primary N) is 1. The summed E-state index contributed by atoms with van der Waals surface area (Å²) in [5.74, 6) is -3.50. The third kappa shape index (κ3) is 17.3. The van der Waals surface area contributed by atoms with Crippen LogP contribution in [0.15, 0.2) is 42.5 Å². The predicted octanol–water partition coefficient (Wildman–Crippen LogP) is 8.19. The maximum absolute atomic E-state index is 12.7. The normalized spacial score (nSPS) is 12.3. The summed E-state index contributed by atoms with van der Waals surface area (Å²) in [6.07, 6.45) is -3.14. The summed E-state index contributed by atoms with van der Waals surface area (Å²) in [4.78, 5) is 73.9. The highest BCUT2D eigenvalue weighted by Crippen LogP contribution is 2.40. The number of aliphatic carboxylic acids is 1. The van der Waals surface area contributed by atoms with Crippen LogP contribution < -0.4 is 15.8 Å². The molecule has 0 saturated carbocycles. The summed E-state index contributed by atoms with van der Waals surface area (Å²) in [6, 6.07) is 5.67. The van der Waals surface area contributed by atoms with Gasteiger partial charge in [0.05, 0.1) is 32.0 Å². The van der Waals surface area contributed by atoms with Gasteiger partial charge in [0.1, 0.15) is 23.1 Å². The van der Waals surface area contributed by atoms with Crippen molar-refractivity contribution in [3.63, 3.8) is 0 Å². The van der Waals surface area contributed by atoms with Crippen molar-refractivity contribution in [2.24, 2.45) is 5.73 Å². The second-order valence-corrected chi connectivity index (χ2v) is 15.8. The molecule has 3 aromatic rings. The highest BCUT2D eigenvalue weighted by Gasteiger charge is 2.32. The number of rotatable bonds is 17. The second-order valence-electron chi connectivity index (χ2n) is 12.8. The van der Waals surface area contributed by atoms with Crippen molar-refractivity contribution in [1.29, 1.82) is 0 Å². The summed E-state index contributed by atoms with van der Waals surface area (Å²) in [5, 5.41) is 44.5. The lowest BCUT2D eigenvalue weighted by Gasteiger charge is -2.17. The van der Waals surface area contributed by atoms with Crippen molar-refractivity contribution in [1.82, 2.24) is 0 Å². The van der Waals surface area contributed by atoms with E-state index in [-0.39, 0.29) is 58.8 Å². The Hall–Kier alpha value is -5.90. The van der Waals surface area contributed by atoms with Crippen molar-refractivity contribution in [3.05, 3.63) is 100 Å². The number of nitro groups is 3. The van der Waals surface area contributed by atoms with Gasteiger partial charge in [-0.15, -0.1) is 0 Å². The van der Waals surface area contributed by atoms with Crippen LogP contribution in [-0.2, 0) is 29.8 Å². The summed E-state index contributed by atoms with van der Waals surface area (Å²) >= 11 is 5.81. The van der Waals surface area contributed by atoms with E-state index < -0.39 is 75.7 Å². The molecule has 0 aliphatic rings. The molecule has 3 aromatic carbocycles. The fourth-order valence-electron chi connectivity index (χ4n) is 4.79. The van der Waals surface area contributed by atoms with Crippen LogP contribution in [0.4, 0.5) is 35.9 Å². The summed E-state index contributed by atoms with van der Waals surface area (Å²) in [7, 11) is -3.10. The molecule has 0 heterocycles. The van der Waals surface area contributed by atoms with E-state index in [2.05, 4.69) is 10.1 Å². The zero-order valence-electron chi connectivity index (χ0n) is 33.5. The van der Waals surface area contributed by atoms with E-state index in [9.17, 15) is 62.5 Å². The third-order valence-corrected chi connectivity index (χ3v) is 9.56. The first-order valence-electron chi connectivity index (χ1n) is 17.8. The molecule has 0 bridgehead atoms. The molecule has 0 aromatic heterocycles. The molecule has 0 radical (unpaired) electrons. The molecule has 0 aliphatic heterocycles. The van der Waals surface area contributed by atoms with E-state index in [1.54, 1.807) is 13.8 Å². The molecule has 0 aliphatic carbocycles. The molecule has 20 nitrogen and oxygen atoms in total. The number of esters is 2. The Labute approximate surface area is 351 Å². The SMILES string of the molecule is CCC(CC)Nc1c([N+](=O)[O-])cc(C)c(C)c1[N+](=O)[O-].CCOC(=O)COC(=O)c1cc(Oc2ccc(C(F)(F)F)cc2Cl)ccc1[N+](=O)[O-].CP(=O)(O)CCC(N)C(=O)O. The van der Waals surface area contributed by atoms with Gasteiger partial charge in [0.15, 0.2) is 19.7 Å². The number of aryl methyl sites for hydroxylation is 1. The summed E-state index contributed by atoms with van der Waals surface area (Å²) < 4.78 is 63.4. The number of carboxylic acid groups (broad SMARTS) is 1. The number of carbonyl (C=O) groups is 3. The standard InChI is InChI=1S/C18H13ClF3NO7.C13H19N3O4.C5H12NO4P/c1-2-28-16(24)9-29-17(25)12-8-11(4-5-14(12)23(26)27)30-15-6-3-10(7-13(15)19)18(20,21)22;1-5-10(6-2)14-12-11(15(17)18)7-8(3)9(4)13(12)16(19)20;1-11(9,10)3-2-4(6)5(7)8/h3-8H,2,9H2,1H3;7,10,14H,5-6H2,1-4H3;4H,2-3,6H2,1H3,(H,7,8)(H,9,10). The van der Waals surface area contributed by atoms with E-state index in [1.807, 2.05) is 13.8 Å². The lowest BCUT2D eigenvalue weighted by atomic mass is 10.0. The van der Waals surface area contributed by atoms with Crippen molar-refractivity contribution in [2.45, 2.75) is 72.1 Å². The fourth-order valence-corrected chi connectivity index (χ4v) is 5.76. The van der Waals surface area contributed by atoms with Gasteiger partial charge in [0, 0.05) is 42.6 Å². The van der Waals surface area contributed by atoms with Gasteiger partial charge in [0.2, 0.25) is 0 Å². The van der Waals surface area contributed by atoms with Crippen LogP contribution in [0.1, 0.15) is 67.1 Å². The summed E-state index contributed by atoms with van der Waals surface area (Å²) in [6.45, 7) is 9.11. The first kappa shape index (κ1) is 53.1. The predicted molar refractivity (Wildman–Crippen MR) is 215 cm³/mol. The number of ether oxygens (including phenoxy) is 3. The first-order chi connectivity index (χ1) is 28.2. The maximum atomic E-state index is 12.7. The fraction of sp³-hybridized carbons (Fsp3) is 0.417. The van der Waals surface area contributed by atoms with Gasteiger partial charge < -0.3 is 35.3 Å². The molecule has 0 fully saturated rings. The van der Waals surface area contributed by atoms with E-state index in [4.69, 9.17) is 36.8 Å². The van der Waals surface area contributed by atoms with Gasteiger partial charge in [-0.05, 0) is 69.9 Å². The van der Waals surface area contributed by atoms with Crippen LogP contribution in [0.5, 0.6) is 11.5 Å². The molecule has 25 heteroatoms. The minimum absolute atomic E-state index is 0.0109. The minimum atomic E-state index is -4.61. The lowest BCUT2D eigenvalue weighted by Crippen LogP contribution is -2.30. The minimum Gasteiger partial charge on any atom is -0.480 e. The van der Waals surface area contributed by atoms with E-state index in [1.165, 1.54) is 19.7 Å². The number of halogens is 4. The Morgan fingerprint density at radius 2 is 1.52 bits per heavy atom. The van der Waals surface area contributed by atoms with Crippen molar-refractivity contribution in [3.8, 4) is 11.5 Å². The van der Waals surface area contributed by atoms with Gasteiger partial charge in [-0.3, -0.25) is 39.7 Å². The Balaban J connectivity index is 0.000000515. The molecule has 3 rings (SSSR count). The van der Waals surface area contributed by atoms with Crippen molar-refractivity contribution < 1.29 is 71.1 Å². The molecule has 0 saturated heterocycles. The molecule has 2 unspecified atom stereocenters. The van der Waals surface area contributed by atoms with E-state index >= 15 is 0 Å². The Morgan fingerprint density at radius 3 is 1.98 bits per heavy atom. The Bertz CT molecular complexity index is 2130. The highest BCUT2D eigenvalue weighted by molar-refractivity contribution is 7.57. The average molecular weight is 910 g/mol. The number of alkyl halides is 3. The van der Waals surface area contributed by atoms with Crippen LogP contribution in [-0.4, -0.2) is 80.8 Å². The third-order valence-electron chi connectivity index (χ3n) is 8.18. The Morgan fingerprint density at radius 1 is 0.934 bits per heavy atom. The number of nitro benzene ring substituents is 3. The molecule has 0 amide bonds. The topological polar surface area (TPSA) is 304 Å². The van der Waals surface area contributed by atoms with Gasteiger partial charge in [-0.1, -0.05) is 25.4 Å². The number of carbonyl (C=O) groups excluding carboxylic acids is 2. The summed E-state index contributed by atoms with van der Waals surface area (Å²) in [5.41, 5.74) is 3.49. The lowest BCUT2D eigenvalue weighted by molar-refractivity contribution is -0.392. The molecule has 5 N–H and O–H groups in total. The number of nitrogens with one attached hydrogen (secondary N) is 1. The molecule has 61 heavy (non-hydrogen) atoms. The van der Waals surface area contributed by atoms with Crippen LogP contribution in [0.3, 0.4) is 0 Å². The zero-order chi connectivity index (χ0) is 47.0. The monoisotopic (exact) mass is 909 g/mol. The van der Waals surface area contributed by atoms with Crippen molar-refractivity contribution >= 4 is 59.6 Å². The first-order valence-corrected chi connectivity index (χ1v) is 20.5. The Kier molecular flexibility index (Phi) is 20.7. The van der Waals surface area contributed by atoms with Gasteiger partial charge in [-0.25, -0.2) is 9.59 Å². The van der Waals surface area contributed by atoms with Crippen LogP contribution in [0, 0.1) is 44.2 Å². The van der Waals surface area contributed by atoms with Crippen LogP contribution in [0.25, 0.3) is 0 Å². The van der Waals surface area contributed by atoms with Gasteiger partial charge in [-0.2, -0.15) is 13.2 Å². The maximum Gasteiger partial charge on any atom is 0.416 e. The van der Waals surface area contributed by atoms with Gasteiger partial charge >= 0.3 is 29.8 Å². The molecular formula is C36H44ClF3N5O15P. The van der Waals surface area contributed by atoms with E-state index in [0.717, 1.165) is 43.2 Å². The smallest absolute Gasteiger partial charge is 0.416 e. The zero-order valence-corrected chi connectivity index (χ0v) is 35.2. The molecule has 0 spiro atoms. The second kappa shape index (κ2) is 23.8. The van der Waals surface area contributed by atoms with Crippen LogP contribution in [0.2, 0.25) is 5.02 Å². The number of nitrogens with zero attached hydrogens (tertiary/aromatic N) is 3.